The highest BCUT2D eigenvalue weighted by Crippen LogP contribution is 2.55. The molecule has 2 saturated heterocycles. The van der Waals surface area contributed by atoms with Crippen LogP contribution in [-0.4, -0.2) is 60.1 Å². The summed E-state index contributed by atoms with van der Waals surface area (Å²) in [7, 11) is 1.60. The highest BCUT2D eigenvalue weighted by molar-refractivity contribution is 6.02. The number of amides is 3. The number of fused-ring (bicyclic) bond motifs is 1. The Morgan fingerprint density at radius 1 is 1.02 bits per heavy atom. The number of carbonyl (C=O) groups is 3. The number of hydrogen-bond donors (Lipinski definition) is 2. The number of likely N-dealkylation sites (tertiary alicyclic amines) is 1. The number of nitrogens with zero attached hydrogens (tertiary/aromatic N) is 1. The van der Waals surface area contributed by atoms with Gasteiger partial charge in [0.25, 0.3) is 0 Å². The Bertz CT molecular complexity index is 1360. The monoisotopic (exact) mass is 573 g/mol. The highest BCUT2D eigenvalue weighted by atomic mass is 16.5. The van der Waals surface area contributed by atoms with Gasteiger partial charge >= 0.3 is 0 Å². The van der Waals surface area contributed by atoms with Crippen LogP contribution in [0.5, 0.6) is 11.5 Å². The van der Waals surface area contributed by atoms with Gasteiger partial charge < -0.3 is 29.7 Å². The van der Waals surface area contributed by atoms with Gasteiger partial charge in [0.15, 0.2) is 0 Å². The fourth-order valence-electron chi connectivity index (χ4n) is 7.18. The molecule has 3 aliphatic heterocycles. The van der Waals surface area contributed by atoms with Crippen molar-refractivity contribution in [1.29, 1.82) is 0 Å². The molecule has 9 nitrogen and oxygen atoms in total. The molecule has 0 aromatic heterocycles. The van der Waals surface area contributed by atoms with Crippen molar-refractivity contribution in [3.63, 3.8) is 0 Å². The zero-order valence-electron chi connectivity index (χ0n) is 24.4. The van der Waals surface area contributed by atoms with Crippen LogP contribution in [0, 0.1) is 17.8 Å². The highest BCUT2D eigenvalue weighted by Gasteiger charge is 2.72. The number of ether oxygens (including phenoxy) is 3. The van der Waals surface area contributed by atoms with E-state index in [1.54, 1.807) is 36.3 Å². The molecule has 4 aliphatic rings. The molecule has 42 heavy (non-hydrogen) atoms. The first kappa shape index (κ1) is 28.3. The minimum Gasteiger partial charge on any atom is -0.497 e. The van der Waals surface area contributed by atoms with Crippen LogP contribution in [0.4, 0.5) is 5.69 Å². The van der Waals surface area contributed by atoms with E-state index < -0.39 is 29.6 Å². The van der Waals surface area contributed by atoms with Gasteiger partial charge in [-0.25, -0.2) is 0 Å². The van der Waals surface area contributed by atoms with Crippen LogP contribution in [-0.2, 0) is 25.7 Å². The molecule has 6 rings (SSSR count). The van der Waals surface area contributed by atoms with Crippen LogP contribution in [0.1, 0.15) is 45.1 Å². The number of methoxy groups -OCH3 is 1. The van der Waals surface area contributed by atoms with Crippen molar-refractivity contribution in [2.75, 3.05) is 19.0 Å². The first-order valence-corrected chi connectivity index (χ1v) is 15.0. The van der Waals surface area contributed by atoms with E-state index in [-0.39, 0.29) is 30.3 Å². The third kappa shape index (κ3) is 4.93. The normalized spacial score (nSPS) is 31.1. The summed E-state index contributed by atoms with van der Waals surface area (Å²) in [4.78, 5) is 43.7. The topological polar surface area (TPSA) is 106 Å². The third-order valence-corrected chi connectivity index (χ3v) is 9.31. The van der Waals surface area contributed by atoms with Crippen molar-refractivity contribution >= 4 is 23.4 Å². The Morgan fingerprint density at radius 3 is 2.43 bits per heavy atom. The lowest BCUT2D eigenvalue weighted by Crippen LogP contribution is -2.57. The second kappa shape index (κ2) is 11.4. The summed E-state index contributed by atoms with van der Waals surface area (Å²) in [5, 5.41) is 6.24. The van der Waals surface area contributed by atoms with Crippen LogP contribution in [0.25, 0.3) is 0 Å². The quantitative estimate of drug-likeness (QED) is 0.438. The smallest absolute Gasteiger partial charge is 0.246 e. The van der Waals surface area contributed by atoms with E-state index in [9.17, 15) is 14.4 Å². The summed E-state index contributed by atoms with van der Waals surface area (Å²) >= 11 is 0. The zero-order valence-corrected chi connectivity index (χ0v) is 24.4. The molecule has 3 heterocycles. The molecule has 3 amide bonds. The Kier molecular flexibility index (Phi) is 7.70. The molecule has 1 saturated carbocycles. The summed E-state index contributed by atoms with van der Waals surface area (Å²) in [6, 6.07) is 13.7. The maximum Gasteiger partial charge on any atom is 0.246 e. The predicted octanol–water partition coefficient (Wildman–Crippen LogP) is 4.08. The van der Waals surface area contributed by atoms with Crippen molar-refractivity contribution in [2.45, 2.75) is 69.9 Å². The first-order valence-electron chi connectivity index (χ1n) is 15.0. The van der Waals surface area contributed by atoms with E-state index in [4.69, 9.17) is 14.2 Å². The number of rotatable bonds is 9. The first-order chi connectivity index (χ1) is 20.3. The average molecular weight is 574 g/mol. The molecule has 9 heteroatoms. The number of hydrogen-bond acceptors (Lipinski definition) is 6. The van der Waals surface area contributed by atoms with E-state index in [1.165, 1.54) is 0 Å². The minimum absolute atomic E-state index is 0.0426. The van der Waals surface area contributed by atoms with Crippen molar-refractivity contribution in [1.82, 2.24) is 10.2 Å². The lowest BCUT2D eigenvalue weighted by atomic mass is 9.74. The van der Waals surface area contributed by atoms with E-state index in [0.717, 1.165) is 31.2 Å². The van der Waals surface area contributed by atoms with Gasteiger partial charge in [0.05, 0.1) is 31.7 Å². The average Bonchev–Trinajstić information content (AvgIpc) is 3.63. The molecule has 1 spiro atoms. The van der Waals surface area contributed by atoms with Crippen LogP contribution in [0.15, 0.2) is 60.7 Å². The van der Waals surface area contributed by atoms with Crippen LogP contribution < -0.4 is 20.1 Å². The second-order valence-electron chi connectivity index (χ2n) is 11.8. The Labute approximate surface area is 246 Å². The molecule has 2 aromatic carbocycles. The Morgan fingerprint density at radius 2 is 1.74 bits per heavy atom. The fraction of sp³-hybridized carbons (Fsp3) is 0.485. The van der Waals surface area contributed by atoms with Crippen molar-refractivity contribution < 1.29 is 28.6 Å². The molecule has 2 bridgehead atoms. The molecule has 1 aliphatic carbocycles. The summed E-state index contributed by atoms with van der Waals surface area (Å²) in [5.74, 6) is -0.586. The molecule has 2 N–H and O–H groups in total. The standard InChI is InChI=1S/C33H39N3O6/c1-4-41-24-15-11-22(12-16-24)34-30(37)27-26-17-18-33(42-26)28(27)32(39)36(19-21-9-13-23(40-3)14-10-21)29(33)31(38)35-25-8-6-5-7-20(25)2/h9-18,20,25-29H,4-8,19H2,1-3H3,(H,34,37)(H,35,38). The maximum absolute atomic E-state index is 14.3. The Balaban J connectivity index is 1.29. The van der Waals surface area contributed by atoms with Gasteiger partial charge in [-0.2, -0.15) is 0 Å². The summed E-state index contributed by atoms with van der Waals surface area (Å²) in [6.45, 7) is 4.84. The van der Waals surface area contributed by atoms with E-state index in [1.807, 2.05) is 43.3 Å². The molecule has 3 fully saturated rings. The fourth-order valence-corrected chi connectivity index (χ4v) is 7.18. The van der Waals surface area contributed by atoms with Gasteiger partial charge in [-0.05, 0) is 67.6 Å². The number of carbonyl (C=O) groups excluding carboxylic acids is 3. The van der Waals surface area contributed by atoms with Crippen molar-refractivity contribution in [3.05, 3.63) is 66.2 Å². The molecular formula is C33H39N3O6. The predicted molar refractivity (Wildman–Crippen MR) is 157 cm³/mol. The number of nitrogens with one attached hydrogen (secondary N) is 2. The van der Waals surface area contributed by atoms with Crippen LogP contribution >= 0.6 is 0 Å². The number of benzene rings is 2. The van der Waals surface area contributed by atoms with E-state index in [0.29, 0.717) is 29.7 Å². The SMILES string of the molecule is CCOc1ccc(NC(=O)C2C3C=CC4(O3)C2C(=O)N(Cc2ccc(OC)cc2)C4C(=O)NC2CCCCC2C)cc1. The van der Waals surface area contributed by atoms with Gasteiger partial charge in [-0.3, -0.25) is 14.4 Å². The molecule has 0 radical (unpaired) electrons. The molecule has 7 unspecified atom stereocenters. The van der Waals surface area contributed by atoms with E-state index in [2.05, 4.69) is 17.6 Å². The molecule has 7 atom stereocenters. The summed E-state index contributed by atoms with van der Waals surface area (Å²) in [6.07, 6.45) is 7.29. The van der Waals surface area contributed by atoms with Crippen molar-refractivity contribution in [3.8, 4) is 11.5 Å². The van der Waals surface area contributed by atoms with Gasteiger partial charge in [0.1, 0.15) is 23.1 Å². The molecule has 222 valence electrons. The van der Waals surface area contributed by atoms with Gasteiger partial charge in [-0.1, -0.05) is 44.1 Å². The minimum atomic E-state index is -1.21. The largest absolute Gasteiger partial charge is 0.497 e. The maximum atomic E-state index is 14.3. The van der Waals surface area contributed by atoms with Gasteiger partial charge in [0.2, 0.25) is 17.7 Å². The zero-order chi connectivity index (χ0) is 29.4. The lowest BCUT2D eigenvalue weighted by Gasteiger charge is -2.36. The lowest BCUT2D eigenvalue weighted by molar-refractivity contribution is -0.142. The third-order valence-electron chi connectivity index (χ3n) is 9.31. The second-order valence-corrected chi connectivity index (χ2v) is 11.8. The summed E-state index contributed by atoms with van der Waals surface area (Å²) < 4.78 is 17.3. The van der Waals surface area contributed by atoms with Gasteiger partial charge in [-0.15, -0.1) is 0 Å². The molecular weight excluding hydrogens is 534 g/mol. The van der Waals surface area contributed by atoms with Gasteiger partial charge in [0, 0.05) is 18.3 Å². The Hall–Kier alpha value is -3.85. The van der Waals surface area contributed by atoms with Crippen molar-refractivity contribution in [2.24, 2.45) is 17.8 Å². The van der Waals surface area contributed by atoms with Crippen LogP contribution in [0.2, 0.25) is 0 Å². The molecule has 2 aromatic rings. The van der Waals surface area contributed by atoms with Crippen LogP contribution in [0.3, 0.4) is 0 Å². The number of anilines is 1. The summed E-state index contributed by atoms with van der Waals surface area (Å²) in [5.41, 5.74) is 0.250. The van der Waals surface area contributed by atoms with E-state index >= 15 is 0 Å².